The molecule has 14 nitrogen and oxygen atoms in total. The molecule has 0 aromatic heterocycles. The molecular weight excluding hydrogens is 754 g/mol. The molecule has 2 unspecified atom stereocenters. The molecule has 0 fully saturated rings. The van der Waals surface area contributed by atoms with E-state index in [-0.39, 0.29) is 31.5 Å². The van der Waals surface area contributed by atoms with Crippen LogP contribution in [0.5, 0.6) is 0 Å². The highest BCUT2D eigenvalue weighted by molar-refractivity contribution is 7.47. The van der Waals surface area contributed by atoms with E-state index in [4.69, 9.17) is 23.8 Å². The number of ketones is 1. The van der Waals surface area contributed by atoms with E-state index in [2.05, 4.69) is 54.1 Å². The Hall–Kier alpha value is -2.25. The molecule has 0 aliphatic carbocycles. The third-order valence-electron chi connectivity index (χ3n) is 8.23. The topological polar surface area (TPSA) is 212 Å². The molecule has 318 valence electrons. The Morgan fingerprint density at radius 1 is 0.655 bits per heavy atom. The second kappa shape index (κ2) is 33.8. The Kier molecular flexibility index (Phi) is 32.5. The van der Waals surface area contributed by atoms with Crippen LogP contribution in [0.2, 0.25) is 0 Å². The molecular formula is C39H68O14P2. The van der Waals surface area contributed by atoms with E-state index in [1.54, 1.807) is 12.2 Å². The standard InChI is InChI=1S/C39H68O14P2/c1-4-6-7-8-9-10-11-12-13-14-15-19-22-26-35(40)27-24-29-38(42)49-32-37(33-52-55(47,48)51-31-36(41)30-50-54(44,45)46)53-39(43)28-23-20-17-16-18-21-25-34(3)5-2/h9-10,12-13,15,19,22,26,34,36-37,41H,4-8,11,14,16-18,20-21,23-25,27-33H2,1-3H3,(H,47,48)(H2,44,45,46)/b10-9-,13-12-,19-15-,26-22+/t34?,36-,37+/m0/s1. The minimum Gasteiger partial charge on any atom is -0.462 e. The zero-order valence-corrected chi connectivity index (χ0v) is 35.0. The highest BCUT2D eigenvalue weighted by atomic mass is 31.2. The van der Waals surface area contributed by atoms with Gasteiger partial charge in [-0.05, 0) is 50.5 Å². The molecule has 55 heavy (non-hydrogen) atoms. The third-order valence-corrected chi connectivity index (χ3v) is 9.66. The van der Waals surface area contributed by atoms with Crippen LogP contribution in [0.4, 0.5) is 0 Å². The van der Waals surface area contributed by atoms with Crippen molar-refractivity contribution in [3.8, 4) is 0 Å². The largest absolute Gasteiger partial charge is 0.472 e. The van der Waals surface area contributed by atoms with Crippen molar-refractivity contribution in [1.29, 1.82) is 0 Å². The average Bonchev–Trinajstić information content (AvgIpc) is 3.13. The number of esters is 2. The molecule has 0 amide bonds. The Labute approximate surface area is 328 Å². The van der Waals surface area contributed by atoms with Gasteiger partial charge >= 0.3 is 27.6 Å². The van der Waals surface area contributed by atoms with Crippen molar-refractivity contribution in [2.45, 2.75) is 149 Å². The normalized spacial score (nSPS) is 15.2. The summed E-state index contributed by atoms with van der Waals surface area (Å²) >= 11 is 0. The third kappa shape index (κ3) is 37.1. The average molecular weight is 823 g/mol. The summed E-state index contributed by atoms with van der Waals surface area (Å²) in [4.78, 5) is 64.6. The lowest BCUT2D eigenvalue weighted by Gasteiger charge is -2.20. The summed E-state index contributed by atoms with van der Waals surface area (Å²) in [7, 11) is -9.74. The molecule has 0 bridgehead atoms. The summed E-state index contributed by atoms with van der Waals surface area (Å²) < 4.78 is 47.4. The smallest absolute Gasteiger partial charge is 0.462 e. The Morgan fingerprint density at radius 3 is 1.96 bits per heavy atom. The number of unbranched alkanes of at least 4 members (excludes halogenated alkanes) is 8. The van der Waals surface area contributed by atoms with Crippen molar-refractivity contribution in [3.63, 3.8) is 0 Å². The number of phosphoric acid groups is 2. The van der Waals surface area contributed by atoms with Crippen molar-refractivity contribution in [2.75, 3.05) is 26.4 Å². The first kappa shape index (κ1) is 52.8. The molecule has 0 saturated heterocycles. The van der Waals surface area contributed by atoms with Gasteiger partial charge in [-0.2, -0.15) is 0 Å². The van der Waals surface area contributed by atoms with Crippen molar-refractivity contribution in [1.82, 2.24) is 0 Å². The van der Waals surface area contributed by atoms with E-state index in [9.17, 15) is 33.5 Å². The van der Waals surface area contributed by atoms with E-state index in [1.165, 1.54) is 44.6 Å². The molecule has 0 aliphatic heterocycles. The number of hydrogen-bond acceptors (Lipinski definition) is 11. The van der Waals surface area contributed by atoms with Gasteiger partial charge in [0.15, 0.2) is 11.9 Å². The zero-order valence-electron chi connectivity index (χ0n) is 33.2. The van der Waals surface area contributed by atoms with Crippen LogP contribution in [0.25, 0.3) is 0 Å². The minimum absolute atomic E-state index is 0.0781. The van der Waals surface area contributed by atoms with Gasteiger partial charge in [0.2, 0.25) is 0 Å². The van der Waals surface area contributed by atoms with Crippen molar-refractivity contribution in [2.24, 2.45) is 5.92 Å². The minimum atomic E-state index is -4.88. The second-order valence-corrected chi connectivity index (χ2v) is 16.2. The highest BCUT2D eigenvalue weighted by Crippen LogP contribution is 2.43. The number of aliphatic hydroxyl groups is 1. The summed E-state index contributed by atoms with van der Waals surface area (Å²) in [5, 5.41) is 9.70. The second-order valence-electron chi connectivity index (χ2n) is 13.5. The molecule has 0 aromatic rings. The number of ether oxygens (including phenoxy) is 2. The van der Waals surface area contributed by atoms with Gasteiger partial charge in [0.05, 0.1) is 19.8 Å². The molecule has 0 rings (SSSR count). The quantitative estimate of drug-likeness (QED) is 0.0116. The monoisotopic (exact) mass is 822 g/mol. The Bertz CT molecular complexity index is 1240. The molecule has 0 heterocycles. The number of rotatable bonds is 36. The Balaban J connectivity index is 4.76. The lowest BCUT2D eigenvalue weighted by molar-refractivity contribution is -0.161. The van der Waals surface area contributed by atoms with Gasteiger partial charge < -0.3 is 29.3 Å². The SMILES string of the molecule is CCCCC/C=C\C/C=C\C/C=C\C=C\C(=O)CCCC(=O)OC[C@H](COP(=O)(O)OC[C@@H](O)COP(=O)(O)O)OC(=O)CCCCCCCCC(C)CC. The molecule has 0 spiro atoms. The molecule has 0 saturated carbocycles. The van der Waals surface area contributed by atoms with Crippen LogP contribution >= 0.6 is 15.6 Å². The summed E-state index contributed by atoms with van der Waals surface area (Å²) in [5.41, 5.74) is 0. The fourth-order valence-electron chi connectivity index (χ4n) is 4.80. The van der Waals surface area contributed by atoms with Crippen LogP contribution < -0.4 is 0 Å². The van der Waals surface area contributed by atoms with Gasteiger partial charge in [0.25, 0.3) is 0 Å². The molecule has 4 N–H and O–H groups in total. The van der Waals surface area contributed by atoms with Gasteiger partial charge in [0.1, 0.15) is 12.7 Å². The van der Waals surface area contributed by atoms with E-state index in [1.807, 2.05) is 6.08 Å². The van der Waals surface area contributed by atoms with Crippen LogP contribution in [0, 0.1) is 5.92 Å². The predicted molar refractivity (Wildman–Crippen MR) is 212 cm³/mol. The van der Waals surface area contributed by atoms with Gasteiger partial charge in [-0.15, -0.1) is 0 Å². The molecule has 0 aromatic carbocycles. The zero-order chi connectivity index (χ0) is 41.2. The summed E-state index contributed by atoms with van der Waals surface area (Å²) in [6.07, 6.45) is 27.3. The van der Waals surface area contributed by atoms with Crippen LogP contribution in [0.15, 0.2) is 48.6 Å². The summed E-state index contributed by atoms with van der Waals surface area (Å²) in [6, 6.07) is 0. The maximum atomic E-state index is 12.6. The van der Waals surface area contributed by atoms with Gasteiger partial charge in [0, 0.05) is 19.3 Å². The number of carbonyl (C=O) groups excluding carboxylic acids is 3. The fraction of sp³-hybridized carbons (Fsp3) is 0.718. The van der Waals surface area contributed by atoms with Gasteiger partial charge in [-0.3, -0.25) is 28.0 Å². The fourth-order valence-corrected chi connectivity index (χ4v) is 5.96. The highest BCUT2D eigenvalue weighted by Gasteiger charge is 2.28. The first-order valence-electron chi connectivity index (χ1n) is 19.7. The number of aliphatic hydroxyl groups excluding tert-OH is 1. The van der Waals surface area contributed by atoms with E-state index in [0.717, 1.165) is 50.9 Å². The lowest BCUT2D eigenvalue weighted by atomic mass is 10.00. The van der Waals surface area contributed by atoms with E-state index >= 15 is 0 Å². The van der Waals surface area contributed by atoms with Crippen LogP contribution in [0.3, 0.4) is 0 Å². The number of carbonyl (C=O) groups is 3. The van der Waals surface area contributed by atoms with E-state index in [0.29, 0.717) is 6.42 Å². The summed E-state index contributed by atoms with van der Waals surface area (Å²) in [5.74, 6) is -0.734. The van der Waals surface area contributed by atoms with Crippen molar-refractivity contribution in [3.05, 3.63) is 48.6 Å². The van der Waals surface area contributed by atoms with Gasteiger partial charge in [-0.25, -0.2) is 9.13 Å². The van der Waals surface area contributed by atoms with Crippen LogP contribution in [0.1, 0.15) is 136 Å². The van der Waals surface area contributed by atoms with Crippen LogP contribution in [-0.4, -0.2) is 76.1 Å². The van der Waals surface area contributed by atoms with E-state index < -0.39 is 66.2 Å². The molecule has 4 atom stereocenters. The van der Waals surface area contributed by atoms with Gasteiger partial charge in [-0.1, -0.05) is 121 Å². The first-order chi connectivity index (χ1) is 26.2. The number of allylic oxidation sites excluding steroid dienone is 8. The Morgan fingerprint density at radius 2 is 1.27 bits per heavy atom. The maximum Gasteiger partial charge on any atom is 0.472 e. The number of phosphoric ester groups is 2. The van der Waals surface area contributed by atoms with Crippen LogP contribution in [-0.2, 0) is 46.6 Å². The van der Waals surface area contributed by atoms with Crippen molar-refractivity contribution < 1.29 is 66.3 Å². The molecule has 0 aliphatic rings. The molecule has 16 heteroatoms. The lowest BCUT2D eigenvalue weighted by Crippen LogP contribution is -2.30. The summed E-state index contributed by atoms with van der Waals surface area (Å²) in [6.45, 7) is 3.66. The number of hydrogen-bond donors (Lipinski definition) is 4. The maximum absolute atomic E-state index is 12.6. The first-order valence-corrected chi connectivity index (χ1v) is 22.7. The predicted octanol–water partition coefficient (Wildman–Crippen LogP) is 8.54. The van der Waals surface area contributed by atoms with Crippen molar-refractivity contribution >= 4 is 33.4 Å². The molecule has 0 radical (unpaired) electrons.